The number of amides is 3. The molecule has 1 atom stereocenters. The van der Waals surface area contributed by atoms with Gasteiger partial charge >= 0.3 is 6.03 Å². The van der Waals surface area contributed by atoms with Crippen molar-refractivity contribution in [3.63, 3.8) is 0 Å². The van der Waals surface area contributed by atoms with Gasteiger partial charge in [0.1, 0.15) is 11.3 Å². The highest BCUT2D eigenvalue weighted by atomic mass is 16.5. The molecule has 2 rings (SSSR count). The van der Waals surface area contributed by atoms with Crippen molar-refractivity contribution in [3.05, 3.63) is 29.8 Å². The molecule has 6 nitrogen and oxygen atoms in total. The largest absolute Gasteiger partial charge is 0.497 e. The van der Waals surface area contributed by atoms with E-state index in [0.717, 1.165) is 11.3 Å². The SMILES string of the molecule is COc1ccc(COCC[C@]2(C(C)C)NC(=O)NC2=O)cc1. The second kappa shape index (κ2) is 6.79. The van der Waals surface area contributed by atoms with Gasteiger partial charge in [0.25, 0.3) is 5.91 Å². The molecule has 0 radical (unpaired) electrons. The number of methoxy groups -OCH3 is 1. The molecule has 6 heteroatoms. The normalized spacial score (nSPS) is 20.9. The lowest BCUT2D eigenvalue weighted by molar-refractivity contribution is -0.126. The van der Waals surface area contributed by atoms with Crippen molar-refractivity contribution in [1.29, 1.82) is 0 Å². The molecular formula is C16H22N2O4. The monoisotopic (exact) mass is 306 g/mol. The molecule has 1 aliphatic rings. The fourth-order valence-electron chi connectivity index (χ4n) is 2.52. The number of imide groups is 1. The minimum absolute atomic E-state index is 0.0106. The summed E-state index contributed by atoms with van der Waals surface area (Å²) < 4.78 is 10.7. The number of rotatable bonds is 7. The molecule has 3 amide bonds. The maximum Gasteiger partial charge on any atom is 0.322 e. The van der Waals surface area contributed by atoms with Gasteiger partial charge in [0, 0.05) is 13.0 Å². The van der Waals surface area contributed by atoms with Crippen molar-refractivity contribution in [3.8, 4) is 5.75 Å². The average Bonchev–Trinajstić information content (AvgIpc) is 2.79. The Bertz CT molecular complexity index is 542. The van der Waals surface area contributed by atoms with E-state index in [-0.39, 0.29) is 11.8 Å². The number of carbonyl (C=O) groups is 2. The van der Waals surface area contributed by atoms with E-state index < -0.39 is 11.6 Å². The molecular weight excluding hydrogens is 284 g/mol. The van der Waals surface area contributed by atoms with Crippen LogP contribution in [0, 0.1) is 5.92 Å². The van der Waals surface area contributed by atoms with Crippen LogP contribution in [0.1, 0.15) is 25.8 Å². The zero-order valence-electron chi connectivity index (χ0n) is 13.1. The van der Waals surface area contributed by atoms with Crippen LogP contribution in [-0.4, -0.2) is 31.2 Å². The molecule has 22 heavy (non-hydrogen) atoms. The van der Waals surface area contributed by atoms with Crippen LogP contribution in [-0.2, 0) is 16.1 Å². The fourth-order valence-corrected chi connectivity index (χ4v) is 2.52. The van der Waals surface area contributed by atoms with Gasteiger partial charge in [-0.2, -0.15) is 0 Å². The summed E-state index contributed by atoms with van der Waals surface area (Å²) in [7, 11) is 1.62. The molecule has 1 fully saturated rings. The van der Waals surface area contributed by atoms with Gasteiger partial charge < -0.3 is 14.8 Å². The van der Waals surface area contributed by atoms with Crippen molar-refractivity contribution in [1.82, 2.24) is 10.6 Å². The van der Waals surface area contributed by atoms with Gasteiger partial charge in [-0.15, -0.1) is 0 Å². The van der Waals surface area contributed by atoms with Gasteiger partial charge in [0.15, 0.2) is 0 Å². The van der Waals surface area contributed by atoms with E-state index in [1.54, 1.807) is 7.11 Å². The number of benzene rings is 1. The molecule has 1 aromatic rings. The fraction of sp³-hybridized carbons (Fsp3) is 0.500. The second-order valence-corrected chi connectivity index (χ2v) is 5.68. The Balaban J connectivity index is 1.86. The Hall–Kier alpha value is -2.08. The first-order valence-corrected chi connectivity index (χ1v) is 7.32. The predicted octanol–water partition coefficient (Wildman–Crippen LogP) is 1.84. The summed E-state index contributed by atoms with van der Waals surface area (Å²) >= 11 is 0. The summed E-state index contributed by atoms with van der Waals surface area (Å²) in [6, 6.07) is 7.17. The van der Waals surface area contributed by atoms with Crippen LogP contribution in [0.4, 0.5) is 4.79 Å². The Kier molecular flexibility index (Phi) is 5.03. The van der Waals surface area contributed by atoms with Crippen LogP contribution in [0.25, 0.3) is 0 Å². The third kappa shape index (κ3) is 3.39. The van der Waals surface area contributed by atoms with E-state index in [1.807, 2.05) is 38.1 Å². The molecule has 1 heterocycles. The van der Waals surface area contributed by atoms with Gasteiger partial charge in [0.05, 0.1) is 13.7 Å². The summed E-state index contributed by atoms with van der Waals surface area (Å²) in [4.78, 5) is 23.4. The van der Waals surface area contributed by atoms with Crippen molar-refractivity contribution in [2.75, 3.05) is 13.7 Å². The molecule has 1 saturated heterocycles. The lowest BCUT2D eigenvalue weighted by Gasteiger charge is -2.30. The first kappa shape index (κ1) is 16.3. The second-order valence-electron chi connectivity index (χ2n) is 5.68. The summed E-state index contributed by atoms with van der Waals surface area (Å²) in [6.07, 6.45) is 0.443. The third-order valence-electron chi connectivity index (χ3n) is 4.02. The minimum Gasteiger partial charge on any atom is -0.497 e. The topological polar surface area (TPSA) is 76.7 Å². The Morgan fingerprint density at radius 2 is 1.86 bits per heavy atom. The highest BCUT2D eigenvalue weighted by Crippen LogP contribution is 2.25. The zero-order valence-corrected chi connectivity index (χ0v) is 13.1. The molecule has 0 aliphatic carbocycles. The van der Waals surface area contributed by atoms with E-state index in [2.05, 4.69) is 10.6 Å². The lowest BCUT2D eigenvalue weighted by Crippen LogP contribution is -2.52. The number of carbonyl (C=O) groups excluding carboxylic acids is 2. The van der Waals surface area contributed by atoms with Crippen molar-refractivity contribution in [2.45, 2.75) is 32.4 Å². The smallest absolute Gasteiger partial charge is 0.322 e. The molecule has 0 spiro atoms. The molecule has 0 unspecified atom stereocenters. The van der Waals surface area contributed by atoms with E-state index in [9.17, 15) is 9.59 Å². The summed E-state index contributed by atoms with van der Waals surface area (Å²) in [5.41, 5.74) is 0.149. The predicted molar refractivity (Wildman–Crippen MR) is 81.5 cm³/mol. The van der Waals surface area contributed by atoms with Crippen molar-refractivity contribution >= 4 is 11.9 Å². The van der Waals surface area contributed by atoms with Gasteiger partial charge in [-0.05, 0) is 23.6 Å². The maximum absolute atomic E-state index is 12.0. The van der Waals surface area contributed by atoms with Gasteiger partial charge in [0.2, 0.25) is 0 Å². The standard InChI is InChI=1S/C16H22N2O4/c1-11(2)16(14(19)17-15(20)18-16)8-9-22-10-12-4-6-13(21-3)7-5-12/h4-7,11H,8-10H2,1-3H3,(H2,17,18,19,20)/t16-/m1/s1. The lowest BCUT2D eigenvalue weighted by atomic mass is 9.84. The van der Waals surface area contributed by atoms with Crippen molar-refractivity contribution in [2.24, 2.45) is 5.92 Å². The number of ether oxygens (including phenoxy) is 2. The third-order valence-corrected chi connectivity index (χ3v) is 4.02. The van der Waals surface area contributed by atoms with Crippen LogP contribution in [0.15, 0.2) is 24.3 Å². The molecule has 0 bridgehead atoms. The summed E-state index contributed by atoms with van der Waals surface area (Å²) in [6.45, 7) is 4.66. The highest BCUT2D eigenvalue weighted by Gasteiger charge is 2.48. The van der Waals surface area contributed by atoms with E-state index in [0.29, 0.717) is 19.6 Å². The summed E-state index contributed by atoms with van der Waals surface area (Å²) in [5, 5.41) is 5.04. The van der Waals surface area contributed by atoms with Crippen LogP contribution >= 0.6 is 0 Å². The maximum atomic E-state index is 12.0. The zero-order chi connectivity index (χ0) is 16.2. The first-order chi connectivity index (χ1) is 10.5. The quantitative estimate of drug-likeness (QED) is 0.595. The molecule has 1 aromatic carbocycles. The van der Waals surface area contributed by atoms with E-state index >= 15 is 0 Å². The van der Waals surface area contributed by atoms with E-state index in [4.69, 9.17) is 9.47 Å². The van der Waals surface area contributed by atoms with Gasteiger partial charge in [-0.3, -0.25) is 10.1 Å². The summed E-state index contributed by atoms with van der Waals surface area (Å²) in [5.74, 6) is 0.511. The number of hydrogen-bond donors (Lipinski definition) is 2. The van der Waals surface area contributed by atoms with Crippen LogP contribution in [0.2, 0.25) is 0 Å². The molecule has 0 aromatic heterocycles. The number of hydrogen-bond acceptors (Lipinski definition) is 4. The van der Waals surface area contributed by atoms with Gasteiger partial charge in [-0.25, -0.2) is 4.79 Å². The Labute approximate surface area is 130 Å². The van der Waals surface area contributed by atoms with Crippen LogP contribution < -0.4 is 15.4 Å². The molecule has 120 valence electrons. The minimum atomic E-state index is -0.878. The number of nitrogens with one attached hydrogen (secondary N) is 2. The Morgan fingerprint density at radius 1 is 1.18 bits per heavy atom. The first-order valence-electron chi connectivity index (χ1n) is 7.32. The molecule has 0 saturated carbocycles. The molecule has 1 aliphatic heterocycles. The number of urea groups is 1. The van der Waals surface area contributed by atoms with Crippen LogP contribution in [0.3, 0.4) is 0 Å². The Morgan fingerprint density at radius 3 is 2.36 bits per heavy atom. The average molecular weight is 306 g/mol. The highest BCUT2D eigenvalue weighted by molar-refractivity contribution is 6.07. The van der Waals surface area contributed by atoms with Crippen molar-refractivity contribution < 1.29 is 19.1 Å². The van der Waals surface area contributed by atoms with Gasteiger partial charge in [-0.1, -0.05) is 26.0 Å². The van der Waals surface area contributed by atoms with E-state index in [1.165, 1.54) is 0 Å². The van der Waals surface area contributed by atoms with Crippen LogP contribution in [0.5, 0.6) is 5.75 Å². The molecule has 2 N–H and O–H groups in total.